The summed E-state index contributed by atoms with van der Waals surface area (Å²) in [7, 11) is 0. The monoisotopic (exact) mass is 241 g/mol. The molecule has 0 atom stereocenters. The Morgan fingerprint density at radius 1 is 1.35 bits per heavy atom. The molecule has 0 saturated carbocycles. The lowest BCUT2D eigenvalue weighted by Crippen LogP contribution is -2.16. The van der Waals surface area contributed by atoms with E-state index in [1.165, 1.54) is 18.2 Å². The zero-order valence-electron chi connectivity index (χ0n) is 8.84. The number of para-hydroxylation sites is 1. The van der Waals surface area contributed by atoms with E-state index in [0.717, 1.165) is 6.07 Å². The number of hydrogen-bond acceptors (Lipinski definition) is 1. The van der Waals surface area contributed by atoms with Crippen LogP contribution in [0.1, 0.15) is 18.4 Å². The second-order valence-corrected chi connectivity index (χ2v) is 3.30. The van der Waals surface area contributed by atoms with Gasteiger partial charge in [0, 0.05) is 12.8 Å². The molecule has 1 aromatic rings. The van der Waals surface area contributed by atoms with Crippen molar-refractivity contribution in [1.82, 2.24) is 0 Å². The number of benzene rings is 1. The Balaban J connectivity index is 2.85. The Labute approximate surface area is 96.8 Å². The molecule has 1 amide bonds. The molecule has 2 nitrogen and oxygen atoms in total. The molecule has 0 saturated heterocycles. The van der Waals surface area contributed by atoms with Crippen molar-refractivity contribution in [2.45, 2.75) is 19.0 Å². The highest BCUT2D eigenvalue weighted by atomic mass is 19.4. The maximum absolute atomic E-state index is 12.6. The number of carbonyl (C=O) groups is 1. The summed E-state index contributed by atoms with van der Waals surface area (Å²) in [5, 5.41) is 2.20. The van der Waals surface area contributed by atoms with Crippen LogP contribution >= 0.6 is 0 Å². The van der Waals surface area contributed by atoms with Gasteiger partial charge in [0.05, 0.1) is 11.3 Å². The molecule has 17 heavy (non-hydrogen) atoms. The Morgan fingerprint density at radius 2 is 2.00 bits per heavy atom. The molecule has 1 N–H and O–H groups in total. The quantitative estimate of drug-likeness (QED) is 0.809. The Bertz CT molecular complexity index is 446. The topological polar surface area (TPSA) is 29.1 Å². The van der Waals surface area contributed by atoms with E-state index in [0.29, 0.717) is 0 Å². The van der Waals surface area contributed by atoms with Gasteiger partial charge in [-0.15, -0.1) is 12.3 Å². The average molecular weight is 241 g/mol. The minimum absolute atomic E-state index is 0.00267. The van der Waals surface area contributed by atoms with Crippen LogP contribution in [-0.2, 0) is 11.0 Å². The van der Waals surface area contributed by atoms with E-state index in [9.17, 15) is 18.0 Å². The van der Waals surface area contributed by atoms with Gasteiger partial charge in [-0.1, -0.05) is 12.1 Å². The molecule has 0 aliphatic rings. The standard InChI is InChI=1S/C12H10F3NO/c1-2-3-8-11(17)16-10-7-5-4-6-9(10)12(13,14)15/h1,4-7H,3,8H2,(H,16,17). The molecular weight excluding hydrogens is 231 g/mol. The second kappa shape index (κ2) is 5.39. The van der Waals surface area contributed by atoms with Crippen LogP contribution in [0.5, 0.6) is 0 Å². The molecule has 0 aliphatic heterocycles. The smallest absolute Gasteiger partial charge is 0.325 e. The number of nitrogens with one attached hydrogen (secondary N) is 1. The van der Waals surface area contributed by atoms with Gasteiger partial charge in [-0.3, -0.25) is 4.79 Å². The number of carbonyl (C=O) groups excluding carboxylic acids is 1. The van der Waals surface area contributed by atoms with Crippen LogP contribution in [0.25, 0.3) is 0 Å². The summed E-state index contributed by atoms with van der Waals surface area (Å²) in [6, 6.07) is 4.80. The Morgan fingerprint density at radius 3 is 2.59 bits per heavy atom. The highest BCUT2D eigenvalue weighted by Gasteiger charge is 2.33. The molecule has 90 valence electrons. The lowest BCUT2D eigenvalue weighted by molar-refractivity contribution is -0.137. The number of anilines is 1. The van der Waals surface area contributed by atoms with Gasteiger partial charge in [-0.2, -0.15) is 13.2 Å². The molecule has 5 heteroatoms. The minimum Gasteiger partial charge on any atom is -0.325 e. The summed E-state index contributed by atoms with van der Waals surface area (Å²) >= 11 is 0. The average Bonchev–Trinajstić information content (AvgIpc) is 2.25. The largest absolute Gasteiger partial charge is 0.418 e. The fraction of sp³-hybridized carbons (Fsp3) is 0.250. The number of rotatable bonds is 3. The third-order valence-corrected chi connectivity index (χ3v) is 2.00. The van der Waals surface area contributed by atoms with E-state index in [-0.39, 0.29) is 18.5 Å². The first-order chi connectivity index (χ1) is 7.95. The van der Waals surface area contributed by atoms with E-state index in [2.05, 4.69) is 11.2 Å². The summed E-state index contributed by atoms with van der Waals surface area (Å²) in [5.41, 5.74) is -1.11. The van der Waals surface area contributed by atoms with E-state index in [1.807, 2.05) is 0 Å². The third kappa shape index (κ3) is 3.83. The van der Waals surface area contributed by atoms with E-state index in [1.54, 1.807) is 0 Å². The fourth-order valence-corrected chi connectivity index (χ4v) is 1.24. The zero-order chi connectivity index (χ0) is 12.9. The van der Waals surface area contributed by atoms with Gasteiger partial charge in [0.2, 0.25) is 5.91 Å². The number of terminal acetylenes is 1. The van der Waals surface area contributed by atoms with E-state index < -0.39 is 17.6 Å². The summed E-state index contributed by atoms with van der Waals surface area (Å²) in [4.78, 5) is 11.3. The van der Waals surface area contributed by atoms with Gasteiger partial charge >= 0.3 is 6.18 Å². The lowest BCUT2D eigenvalue weighted by Gasteiger charge is -2.13. The number of alkyl halides is 3. The summed E-state index contributed by atoms with van der Waals surface area (Å²) < 4.78 is 37.7. The minimum atomic E-state index is -4.49. The Kier molecular flexibility index (Phi) is 4.16. The molecule has 0 spiro atoms. The van der Waals surface area contributed by atoms with Crippen molar-refractivity contribution in [3.63, 3.8) is 0 Å². The first kappa shape index (κ1) is 13.1. The highest BCUT2D eigenvalue weighted by molar-refractivity contribution is 5.91. The predicted molar refractivity (Wildman–Crippen MR) is 58.1 cm³/mol. The van der Waals surface area contributed by atoms with Crippen molar-refractivity contribution in [1.29, 1.82) is 0 Å². The molecule has 1 rings (SSSR count). The predicted octanol–water partition coefficient (Wildman–Crippen LogP) is 3.06. The van der Waals surface area contributed by atoms with Crippen LogP contribution in [-0.4, -0.2) is 5.91 Å². The van der Waals surface area contributed by atoms with Gasteiger partial charge in [0.15, 0.2) is 0 Å². The molecule has 0 aromatic heterocycles. The van der Waals surface area contributed by atoms with Gasteiger partial charge in [-0.05, 0) is 12.1 Å². The summed E-state index contributed by atoms with van der Waals surface area (Å²) in [6.07, 6.45) is 0.666. The number of hydrogen-bond donors (Lipinski definition) is 1. The van der Waals surface area contributed by atoms with Crippen LogP contribution in [0.4, 0.5) is 18.9 Å². The van der Waals surface area contributed by atoms with Crippen LogP contribution in [0.3, 0.4) is 0 Å². The molecule has 0 bridgehead atoms. The maximum Gasteiger partial charge on any atom is 0.418 e. The molecule has 1 aromatic carbocycles. The van der Waals surface area contributed by atoms with Crippen LogP contribution in [0.15, 0.2) is 24.3 Å². The lowest BCUT2D eigenvalue weighted by atomic mass is 10.1. The maximum atomic E-state index is 12.6. The zero-order valence-corrected chi connectivity index (χ0v) is 8.84. The molecule has 0 radical (unpaired) electrons. The van der Waals surface area contributed by atoms with Crippen LogP contribution in [0.2, 0.25) is 0 Å². The number of amides is 1. The third-order valence-electron chi connectivity index (χ3n) is 2.00. The molecule has 0 aliphatic carbocycles. The van der Waals surface area contributed by atoms with Crippen molar-refractivity contribution < 1.29 is 18.0 Å². The van der Waals surface area contributed by atoms with Crippen LogP contribution in [0, 0.1) is 12.3 Å². The summed E-state index contributed by atoms with van der Waals surface area (Å²) in [6.45, 7) is 0. The normalized spacial score (nSPS) is 10.7. The first-order valence-corrected chi connectivity index (χ1v) is 4.84. The van der Waals surface area contributed by atoms with Crippen molar-refractivity contribution >= 4 is 11.6 Å². The fourth-order valence-electron chi connectivity index (χ4n) is 1.24. The molecule has 0 fully saturated rings. The molecular formula is C12H10F3NO. The van der Waals surface area contributed by atoms with Crippen molar-refractivity contribution in [3.05, 3.63) is 29.8 Å². The number of halogens is 3. The van der Waals surface area contributed by atoms with E-state index >= 15 is 0 Å². The first-order valence-electron chi connectivity index (χ1n) is 4.84. The van der Waals surface area contributed by atoms with Crippen LogP contribution < -0.4 is 5.32 Å². The van der Waals surface area contributed by atoms with Gasteiger partial charge < -0.3 is 5.32 Å². The summed E-state index contributed by atoms with van der Waals surface area (Å²) in [5.74, 6) is 1.72. The van der Waals surface area contributed by atoms with E-state index in [4.69, 9.17) is 6.42 Å². The van der Waals surface area contributed by atoms with Crippen molar-refractivity contribution in [2.24, 2.45) is 0 Å². The van der Waals surface area contributed by atoms with Crippen molar-refractivity contribution in [3.8, 4) is 12.3 Å². The molecule has 0 heterocycles. The highest BCUT2D eigenvalue weighted by Crippen LogP contribution is 2.34. The second-order valence-electron chi connectivity index (χ2n) is 3.30. The van der Waals surface area contributed by atoms with Gasteiger partial charge in [0.25, 0.3) is 0 Å². The van der Waals surface area contributed by atoms with Gasteiger partial charge in [-0.25, -0.2) is 0 Å². The van der Waals surface area contributed by atoms with Crippen molar-refractivity contribution in [2.75, 3.05) is 5.32 Å². The molecule has 0 unspecified atom stereocenters. The Hall–Kier alpha value is -1.96. The SMILES string of the molecule is C#CCCC(=O)Nc1ccccc1C(F)(F)F. The van der Waals surface area contributed by atoms with Gasteiger partial charge in [0.1, 0.15) is 0 Å².